The van der Waals surface area contributed by atoms with Gasteiger partial charge in [0.05, 0.1) is 6.54 Å². The van der Waals surface area contributed by atoms with Crippen LogP contribution >= 0.6 is 0 Å². The summed E-state index contributed by atoms with van der Waals surface area (Å²) in [7, 11) is 0. The van der Waals surface area contributed by atoms with Gasteiger partial charge < -0.3 is 15.5 Å². The molecule has 0 spiro atoms. The lowest BCUT2D eigenvalue weighted by Gasteiger charge is -2.34. The SMILES string of the molecule is CCNC(=O)c1cccc(NC(=O)CN2CCN(c3ncccn3)CC2)c1. The number of hydrogen-bond donors (Lipinski definition) is 2. The minimum atomic E-state index is -0.146. The summed E-state index contributed by atoms with van der Waals surface area (Å²) in [6, 6.07) is 8.76. The second-order valence-corrected chi connectivity index (χ2v) is 6.30. The Labute approximate surface area is 158 Å². The average molecular weight is 368 g/mol. The number of anilines is 2. The van der Waals surface area contributed by atoms with Crippen molar-refractivity contribution in [3.05, 3.63) is 48.3 Å². The van der Waals surface area contributed by atoms with E-state index in [-0.39, 0.29) is 11.8 Å². The molecule has 2 aromatic rings. The molecule has 1 aliphatic heterocycles. The summed E-state index contributed by atoms with van der Waals surface area (Å²) in [6.45, 7) is 5.85. The quantitative estimate of drug-likeness (QED) is 0.790. The molecule has 0 unspecified atom stereocenters. The highest BCUT2D eigenvalue weighted by atomic mass is 16.2. The predicted octanol–water partition coefficient (Wildman–Crippen LogP) is 0.987. The number of rotatable bonds is 6. The van der Waals surface area contributed by atoms with E-state index in [1.54, 1.807) is 42.7 Å². The fraction of sp³-hybridized carbons (Fsp3) is 0.368. The maximum absolute atomic E-state index is 12.3. The zero-order valence-electron chi connectivity index (χ0n) is 15.4. The molecular formula is C19H24N6O2. The molecule has 1 fully saturated rings. The molecule has 0 aliphatic carbocycles. The zero-order valence-corrected chi connectivity index (χ0v) is 15.4. The van der Waals surface area contributed by atoms with Crippen LogP contribution in [-0.2, 0) is 4.79 Å². The molecule has 0 bridgehead atoms. The van der Waals surface area contributed by atoms with E-state index >= 15 is 0 Å². The standard InChI is InChI=1S/C19H24N6O2/c1-2-20-18(27)15-5-3-6-16(13-15)23-17(26)14-24-9-11-25(12-10-24)19-21-7-4-8-22-19/h3-8,13H,2,9-12,14H2,1H3,(H,20,27)(H,23,26). The number of amides is 2. The Kier molecular flexibility index (Phi) is 6.32. The van der Waals surface area contributed by atoms with Crippen LogP contribution in [0, 0.1) is 0 Å². The Hall–Kier alpha value is -3.00. The minimum absolute atomic E-state index is 0.0903. The highest BCUT2D eigenvalue weighted by Gasteiger charge is 2.20. The first-order valence-electron chi connectivity index (χ1n) is 9.08. The van der Waals surface area contributed by atoms with Crippen molar-refractivity contribution in [2.45, 2.75) is 6.92 Å². The molecule has 0 radical (unpaired) electrons. The van der Waals surface area contributed by atoms with Crippen LogP contribution in [0.2, 0.25) is 0 Å². The lowest BCUT2D eigenvalue weighted by atomic mass is 10.2. The minimum Gasteiger partial charge on any atom is -0.352 e. The molecule has 27 heavy (non-hydrogen) atoms. The molecule has 2 N–H and O–H groups in total. The van der Waals surface area contributed by atoms with Crippen LogP contribution < -0.4 is 15.5 Å². The van der Waals surface area contributed by atoms with E-state index in [1.165, 1.54) is 0 Å². The molecule has 142 valence electrons. The zero-order chi connectivity index (χ0) is 19.1. The number of piperazine rings is 1. The first-order valence-corrected chi connectivity index (χ1v) is 9.08. The highest BCUT2D eigenvalue weighted by molar-refractivity contribution is 5.97. The van der Waals surface area contributed by atoms with E-state index in [4.69, 9.17) is 0 Å². The van der Waals surface area contributed by atoms with Crippen LogP contribution in [0.1, 0.15) is 17.3 Å². The topological polar surface area (TPSA) is 90.5 Å². The second-order valence-electron chi connectivity index (χ2n) is 6.30. The van der Waals surface area contributed by atoms with Crippen molar-refractivity contribution in [3.8, 4) is 0 Å². The molecule has 1 saturated heterocycles. The summed E-state index contributed by atoms with van der Waals surface area (Å²) < 4.78 is 0. The van der Waals surface area contributed by atoms with Gasteiger partial charge in [-0.2, -0.15) is 0 Å². The lowest BCUT2D eigenvalue weighted by molar-refractivity contribution is -0.117. The molecule has 1 aromatic carbocycles. The van der Waals surface area contributed by atoms with Gasteiger partial charge in [0.25, 0.3) is 5.91 Å². The summed E-state index contributed by atoms with van der Waals surface area (Å²) in [5.74, 6) is 0.490. The van der Waals surface area contributed by atoms with Crippen molar-refractivity contribution in [3.63, 3.8) is 0 Å². The monoisotopic (exact) mass is 368 g/mol. The Bertz CT molecular complexity index is 775. The van der Waals surface area contributed by atoms with Gasteiger partial charge in [0, 0.05) is 56.4 Å². The smallest absolute Gasteiger partial charge is 0.251 e. The van der Waals surface area contributed by atoms with Crippen molar-refractivity contribution in [1.82, 2.24) is 20.2 Å². The van der Waals surface area contributed by atoms with Crippen molar-refractivity contribution in [1.29, 1.82) is 0 Å². The predicted molar refractivity (Wildman–Crippen MR) is 104 cm³/mol. The van der Waals surface area contributed by atoms with Crippen LogP contribution in [0.25, 0.3) is 0 Å². The molecule has 8 nitrogen and oxygen atoms in total. The van der Waals surface area contributed by atoms with Crippen LogP contribution in [0.15, 0.2) is 42.7 Å². The van der Waals surface area contributed by atoms with Gasteiger partial charge in [-0.05, 0) is 31.2 Å². The van der Waals surface area contributed by atoms with Crippen LogP contribution in [-0.4, -0.2) is 66.0 Å². The van der Waals surface area contributed by atoms with Gasteiger partial charge in [0.2, 0.25) is 11.9 Å². The Morgan fingerprint density at radius 2 is 1.81 bits per heavy atom. The lowest BCUT2D eigenvalue weighted by Crippen LogP contribution is -2.49. The second kappa shape index (κ2) is 9.09. The molecule has 1 aliphatic rings. The number of nitrogens with zero attached hydrogens (tertiary/aromatic N) is 4. The third-order valence-corrected chi connectivity index (χ3v) is 4.32. The third kappa shape index (κ3) is 5.24. The summed E-state index contributed by atoms with van der Waals surface area (Å²) in [6.07, 6.45) is 3.47. The summed E-state index contributed by atoms with van der Waals surface area (Å²) in [4.78, 5) is 37.0. The number of carbonyl (C=O) groups excluding carboxylic acids is 2. The molecule has 2 heterocycles. The number of benzene rings is 1. The number of nitrogens with one attached hydrogen (secondary N) is 2. The number of aromatic nitrogens is 2. The van der Waals surface area contributed by atoms with Gasteiger partial charge >= 0.3 is 0 Å². The van der Waals surface area contributed by atoms with Crippen molar-refractivity contribution < 1.29 is 9.59 Å². The van der Waals surface area contributed by atoms with Gasteiger partial charge in [-0.25, -0.2) is 9.97 Å². The van der Waals surface area contributed by atoms with E-state index in [1.807, 2.05) is 6.92 Å². The largest absolute Gasteiger partial charge is 0.352 e. The van der Waals surface area contributed by atoms with E-state index in [0.717, 1.165) is 32.1 Å². The summed E-state index contributed by atoms with van der Waals surface area (Å²) in [5.41, 5.74) is 1.16. The first kappa shape index (κ1) is 18.8. The van der Waals surface area contributed by atoms with Gasteiger partial charge in [0.1, 0.15) is 0 Å². The van der Waals surface area contributed by atoms with E-state index in [0.29, 0.717) is 24.3 Å². The molecule has 0 atom stereocenters. The van der Waals surface area contributed by atoms with E-state index in [2.05, 4.69) is 30.4 Å². The van der Waals surface area contributed by atoms with Crippen LogP contribution in [0.5, 0.6) is 0 Å². The maximum atomic E-state index is 12.3. The van der Waals surface area contributed by atoms with E-state index in [9.17, 15) is 9.59 Å². The van der Waals surface area contributed by atoms with Crippen LogP contribution in [0.3, 0.4) is 0 Å². The maximum Gasteiger partial charge on any atom is 0.251 e. The first-order chi connectivity index (χ1) is 13.2. The van der Waals surface area contributed by atoms with Gasteiger partial charge in [-0.3, -0.25) is 14.5 Å². The van der Waals surface area contributed by atoms with Gasteiger partial charge in [0.15, 0.2) is 0 Å². The molecule has 0 saturated carbocycles. The van der Waals surface area contributed by atoms with Crippen molar-refractivity contribution >= 4 is 23.5 Å². The van der Waals surface area contributed by atoms with Gasteiger partial charge in [-0.15, -0.1) is 0 Å². The molecule has 1 aromatic heterocycles. The molecule has 3 rings (SSSR count). The van der Waals surface area contributed by atoms with E-state index < -0.39 is 0 Å². The Balaban J connectivity index is 1.49. The molecular weight excluding hydrogens is 344 g/mol. The molecule has 8 heteroatoms. The summed E-state index contributed by atoms with van der Waals surface area (Å²) >= 11 is 0. The normalized spacial score (nSPS) is 14.6. The van der Waals surface area contributed by atoms with Gasteiger partial charge in [-0.1, -0.05) is 6.07 Å². The number of carbonyl (C=O) groups is 2. The Morgan fingerprint density at radius 1 is 1.07 bits per heavy atom. The van der Waals surface area contributed by atoms with Crippen molar-refractivity contribution in [2.75, 3.05) is 49.5 Å². The number of hydrogen-bond acceptors (Lipinski definition) is 6. The third-order valence-electron chi connectivity index (χ3n) is 4.32. The average Bonchev–Trinajstić information content (AvgIpc) is 2.69. The van der Waals surface area contributed by atoms with Crippen molar-refractivity contribution in [2.24, 2.45) is 0 Å². The molecule has 2 amide bonds. The Morgan fingerprint density at radius 3 is 2.52 bits per heavy atom. The van der Waals surface area contributed by atoms with Crippen LogP contribution in [0.4, 0.5) is 11.6 Å². The summed E-state index contributed by atoms with van der Waals surface area (Å²) in [5, 5.41) is 5.62. The highest BCUT2D eigenvalue weighted by Crippen LogP contribution is 2.12. The fourth-order valence-electron chi connectivity index (χ4n) is 2.96. The fourth-order valence-corrected chi connectivity index (χ4v) is 2.96.